The second-order valence-corrected chi connectivity index (χ2v) is 19.4. The van der Waals surface area contributed by atoms with Crippen molar-refractivity contribution in [1.29, 1.82) is 0 Å². The summed E-state index contributed by atoms with van der Waals surface area (Å²) in [7, 11) is 0. The van der Waals surface area contributed by atoms with Crippen molar-refractivity contribution >= 4 is 32.7 Å². The van der Waals surface area contributed by atoms with Gasteiger partial charge in [0, 0.05) is 0 Å². The van der Waals surface area contributed by atoms with Crippen LogP contribution in [0.5, 0.6) is 0 Å². The summed E-state index contributed by atoms with van der Waals surface area (Å²) in [5.74, 6) is 0. The van der Waals surface area contributed by atoms with Crippen LogP contribution in [0.15, 0.2) is 97.1 Å². The van der Waals surface area contributed by atoms with Crippen molar-refractivity contribution in [3.8, 4) is 0 Å². The predicted molar refractivity (Wildman–Crippen MR) is 130 cm³/mol. The van der Waals surface area contributed by atoms with E-state index in [1.54, 1.807) is 0 Å². The molecule has 0 amide bonds. The first-order valence-electron chi connectivity index (χ1n) is 11.6. The molecule has 0 saturated heterocycles. The molecule has 0 saturated carbocycles. The molecule has 0 aromatic heterocycles. The minimum absolute atomic E-state index is 0.448. The van der Waals surface area contributed by atoms with Crippen molar-refractivity contribution in [2.75, 3.05) is 0 Å². The van der Waals surface area contributed by atoms with Gasteiger partial charge in [0.25, 0.3) is 0 Å². The monoisotopic (exact) mass is 700 g/mol. The Morgan fingerprint density at radius 1 is 0.293 bits per heavy atom. The Morgan fingerprint density at radius 3 is 0.634 bits per heavy atom. The van der Waals surface area contributed by atoms with Crippen LogP contribution < -0.4 is 14.3 Å². The predicted octanol–water partition coefficient (Wildman–Crippen LogP) is 7.14. The van der Waals surface area contributed by atoms with Gasteiger partial charge >= 0.3 is 229 Å². The SMILES string of the molecule is FC(F)(F)c1cccc[c]1[Sn]([c]1ccccc1C(F)(F)F)([c]1ccccc1C(F)(F)F)[c]1ccccc1C(F)(F)F. The van der Waals surface area contributed by atoms with Crippen LogP contribution in [0.1, 0.15) is 22.3 Å². The second kappa shape index (κ2) is 10.6. The Hall–Kier alpha value is -3.16. The van der Waals surface area contributed by atoms with Gasteiger partial charge in [0.15, 0.2) is 0 Å². The maximum atomic E-state index is 14.5. The van der Waals surface area contributed by atoms with Crippen LogP contribution in [0.25, 0.3) is 0 Å². The average molecular weight is 699 g/mol. The van der Waals surface area contributed by atoms with E-state index in [1.165, 1.54) is 0 Å². The van der Waals surface area contributed by atoms with E-state index in [0.29, 0.717) is 48.5 Å². The van der Waals surface area contributed by atoms with E-state index >= 15 is 0 Å². The first-order valence-corrected chi connectivity index (χ1v) is 17.3. The molecule has 4 aromatic carbocycles. The van der Waals surface area contributed by atoms with Crippen molar-refractivity contribution in [2.24, 2.45) is 0 Å². The molecular formula is C28H16F12Sn. The summed E-state index contributed by atoms with van der Waals surface area (Å²) in [6.45, 7) is 0. The summed E-state index contributed by atoms with van der Waals surface area (Å²) < 4.78 is 170. The van der Waals surface area contributed by atoms with Crippen molar-refractivity contribution in [3.63, 3.8) is 0 Å². The summed E-state index contributed by atoms with van der Waals surface area (Å²) in [5, 5.41) is 0. The van der Waals surface area contributed by atoms with E-state index in [2.05, 4.69) is 0 Å². The van der Waals surface area contributed by atoms with Gasteiger partial charge < -0.3 is 0 Å². The zero-order chi connectivity index (χ0) is 30.4. The molecule has 0 aliphatic carbocycles. The molecule has 0 radical (unpaired) electrons. The molecule has 0 N–H and O–H groups in total. The Bertz CT molecular complexity index is 1310. The van der Waals surface area contributed by atoms with Gasteiger partial charge in [-0.2, -0.15) is 0 Å². The van der Waals surface area contributed by atoms with E-state index in [-0.39, 0.29) is 0 Å². The summed E-state index contributed by atoms with van der Waals surface area (Å²) in [4.78, 5) is 0. The molecule has 0 aliphatic heterocycles. The molecule has 216 valence electrons. The quantitative estimate of drug-likeness (QED) is 0.157. The Balaban J connectivity index is 2.46. The summed E-state index contributed by atoms with van der Waals surface area (Å²) in [6.07, 6.45) is -21.4. The van der Waals surface area contributed by atoms with Crippen molar-refractivity contribution in [1.82, 2.24) is 0 Å². The molecule has 0 fully saturated rings. The third-order valence-corrected chi connectivity index (χ3v) is 20.7. The van der Waals surface area contributed by atoms with Gasteiger partial charge in [0.2, 0.25) is 0 Å². The number of hydrogen-bond donors (Lipinski definition) is 0. The number of alkyl halides is 12. The number of hydrogen-bond acceptors (Lipinski definition) is 0. The molecule has 0 unspecified atom stereocenters. The molecule has 4 rings (SSSR count). The summed E-state index contributed by atoms with van der Waals surface area (Å²) >= 11 is -7.01. The summed E-state index contributed by atoms with van der Waals surface area (Å²) in [6, 6.07) is 11.8. The fourth-order valence-electron chi connectivity index (χ4n) is 5.10. The van der Waals surface area contributed by atoms with Crippen molar-refractivity contribution in [2.45, 2.75) is 24.7 Å². The van der Waals surface area contributed by atoms with Gasteiger partial charge in [-0.05, 0) is 0 Å². The van der Waals surface area contributed by atoms with Crippen LogP contribution in [0.4, 0.5) is 52.7 Å². The first kappa shape index (κ1) is 30.8. The van der Waals surface area contributed by atoms with Crippen LogP contribution in [0.3, 0.4) is 0 Å². The molecule has 0 atom stereocenters. The molecule has 0 bridgehead atoms. The average Bonchev–Trinajstić information content (AvgIpc) is 2.88. The van der Waals surface area contributed by atoms with Gasteiger partial charge in [0.1, 0.15) is 0 Å². The van der Waals surface area contributed by atoms with E-state index in [1.807, 2.05) is 0 Å². The molecular weight excluding hydrogens is 683 g/mol. The molecule has 4 aromatic rings. The fourth-order valence-corrected chi connectivity index (χ4v) is 21.2. The minimum atomic E-state index is -7.01. The number of rotatable bonds is 4. The second-order valence-electron chi connectivity index (χ2n) is 8.92. The maximum absolute atomic E-state index is 14.5. The molecule has 0 spiro atoms. The third kappa shape index (κ3) is 5.67. The van der Waals surface area contributed by atoms with Gasteiger partial charge in [-0.15, -0.1) is 0 Å². The van der Waals surface area contributed by atoms with Gasteiger partial charge in [-0.25, -0.2) is 0 Å². The van der Waals surface area contributed by atoms with E-state index < -0.39 is 79.7 Å². The van der Waals surface area contributed by atoms with E-state index in [4.69, 9.17) is 0 Å². The van der Waals surface area contributed by atoms with E-state index in [0.717, 1.165) is 48.5 Å². The van der Waals surface area contributed by atoms with Crippen molar-refractivity contribution < 1.29 is 52.7 Å². The Kier molecular flexibility index (Phi) is 7.95. The van der Waals surface area contributed by atoms with Gasteiger partial charge in [-0.1, -0.05) is 0 Å². The zero-order valence-corrected chi connectivity index (χ0v) is 23.1. The first-order chi connectivity index (χ1) is 18.9. The Labute approximate surface area is 229 Å². The standard InChI is InChI=1S/4C7H4F3.Sn/c4*8-7(9,10)6-4-2-1-3-5-6;/h4*1-4H;. The van der Waals surface area contributed by atoms with E-state index in [9.17, 15) is 52.7 Å². The zero-order valence-electron chi connectivity index (χ0n) is 20.3. The van der Waals surface area contributed by atoms with Gasteiger partial charge in [-0.3, -0.25) is 0 Å². The van der Waals surface area contributed by atoms with Crippen LogP contribution in [0, 0.1) is 0 Å². The molecule has 41 heavy (non-hydrogen) atoms. The number of benzene rings is 4. The molecule has 0 nitrogen and oxygen atoms in total. The summed E-state index contributed by atoms with van der Waals surface area (Å²) in [5.41, 5.74) is -6.49. The van der Waals surface area contributed by atoms with Crippen LogP contribution >= 0.6 is 0 Å². The molecule has 13 heteroatoms. The van der Waals surface area contributed by atoms with Crippen LogP contribution in [0.2, 0.25) is 0 Å². The fraction of sp³-hybridized carbons (Fsp3) is 0.143. The normalized spacial score (nSPS) is 13.4. The third-order valence-electron chi connectivity index (χ3n) is 6.55. The molecule has 0 aliphatic rings. The van der Waals surface area contributed by atoms with Gasteiger partial charge in [0.05, 0.1) is 0 Å². The Morgan fingerprint density at radius 2 is 0.463 bits per heavy atom. The van der Waals surface area contributed by atoms with Crippen LogP contribution in [-0.4, -0.2) is 18.4 Å². The topological polar surface area (TPSA) is 0 Å². The van der Waals surface area contributed by atoms with Crippen LogP contribution in [-0.2, 0) is 24.7 Å². The van der Waals surface area contributed by atoms with Crippen molar-refractivity contribution in [3.05, 3.63) is 119 Å². The molecule has 0 heterocycles. The number of halogens is 12.